The molecule has 0 aliphatic heterocycles. The Bertz CT molecular complexity index is 256. The first kappa shape index (κ1) is 12.8. The lowest BCUT2D eigenvalue weighted by Crippen LogP contribution is -2.40. The van der Waals surface area contributed by atoms with Gasteiger partial charge in [-0.15, -0.1) is 0 Å². The summed E-state index contributed by atoms with van der Waals surface area (Å²) >= 11 is 0. The van der Waals surface area contributed by atoms with Gasteiger partial charge >= 0.3 is 6.03 Å². The minimum atomic E-state index is -0.584. The van der Waals surface area contributed by atoms with Crippen molar-refractivity contribution in [3.05, 3.63) is 0 Å². The van der Waals surface area contributed by atoms with Gasteiger partial charge in [0.05, 0.1) is 0 Å². The Morgan fingerprint density at radius 3 is 2.75 bits per heavy atom. The summed E-state index contributed by atoms with van der Waals surface area (Å²) in [4.78, 5) is 21.9. The molecule has 5 heteroatoms. The van der Waals surface area contributed by atoms with Crippen molar-refractivity contribution in [1.82, 2.24) is 10.6 Å². The van der Waals surface area contributed by atoms with Crippen LogP contribution < -0.4 is 16.4 Å². The first-order valence-corrected chi connectivity index (χ1v) is 5.90. The average molecular weight is 227 g/mol. The van der Waals surface area contributed by atoms with Crippen molar-refractivity contribution in [3.8, 4) is 0 Å². The van der Waals surface area contributed by atoms with Crippen LogP contribution in [0.25, 0.3) is 0 Å². The van der Waals surface area contributed by atoms with Crippen molar-refractivity contribution in [2.24, 2.45) is 11.7 Å². The third-order valence-corrected chi connectivity index (χ3v) is 2.95. The standard InChI is InChI=1S/C11H21N3O2/c1-8-3-2-4-9(7-8)14-10(15)5-6-13-11(12)16/h8-9H,2-7H2,1H3,(H,14,15)(H3,12,13,16). The Labute approximate surface area is 96.1 Å². The Morgan fingerprint density at radius 2 is 2.12 bits per heavy atom. The maximum Gasteiger partial charge on any atom is 0.312 e. The smallest absolute Gasteiger partial charge is 0.312 e. The number of primary amides is 1. The highest BCUT2D eigenvalue weighted by molar-refractivity contribution is 5.77. The molecule has 1 rings (SSSR count). The van der Waals surface area contributed by atoms with Gasteiger partial charge in [-0.25, -0.2) is 4.79 Å². The number of amides is 3. The molecule has 16 heavy (non-hydrogen) atoms. The largest absolute Gasteiger partial charge is 0.353 e. The predicted molar refractivity (Wildman–Crippen MR) is 61.8 cm³/mol. The summed E-state index contributed by atoms with van der Waals surface area (Å²) in [5.41, 5.74) is 4.90. The molecule has 1 fully saturated rings. The van der Waals surface area contributed by atoms with Crippen LogP contribution in [0.15, 0.2) is 0 Å². The molecule has 0 spiro atoms. The van der Waals surface area contributed by atoms with Gasteiger partial charge in [-0.1, -0.05) is 19.8 Å². The predicted octanol–water partition coefficient (Wildman–Crippen LogP) is 0.740. The molecule has 3 amide bonds. The van der Waals surface area contributed by atoms with Crippen molar-refractivity contribution >= 4 is 11.9 Å². The first-order valence-electron chi connectivity index (χ1n) is 5.90. The van der Waals surface area contributed by atoms with Crippen LogP contribution in [0.1, 0.15) is 39.0 Å². The van der Waals surface area contributed by atoms with Gasteiger partial charge in [0.1, 0.15) is 0 Å². The summed E-state index contributed by atoms with van der Waals surface area (Å²) in [5.74, 6) is 0.690. The number of nitrogens with two attached hydrogens (primary N) is 1. The molecule has 4 N–H and O–H groups in total. The van der Waals surface area contributed by atoms with E-state index in [1.807, 2.05) is 0 Å². The zero-order valence-electron chi connectivity index (χ0n) is 9.79. The molecule has 92 valence electrons. The highest BCUT2D eigenvalue weighted by atomic mass is 16.2. The fourth-order valence-electron chi connectivity index (χ4n) is 2.16. The Morgan fingerprint density at radius 1 is 1.38 bits per heavy atom. The molecule has 2 atom stereocenters. The summed E-state index contributed by atoms with van der Waals surface area (Å²) in [7, 11) is 0. The molecule has 5 nitrogen and oxygen atoms in total. The molecular weight excluding hydrogens is 206 g/mol. The van der Waals surface area contributed by atoms with Gasteiger partial charge in [0.25, 0.3) is 0 Å². The third-order valence-electron chi connectivity index (χ3n) is 2.95. The monoisotopic (exact) mass is 227 g/mol. The van der Waals surface area contributed by atoms with E-state index in [-0.39, 0.29) is 5.91 Å². The van der Waals surface area contributed by atoms with E-state index >= 15 is 0 Å². The first-order chi connectivity index (χ1) is 7.58. The number of hydrogen-bond acceptors (Lipinski definition) is 2. The van der Waals surface area contributed by atoms with Crippen molar-refractivity contribution in [3.63, 3.8) is 0 Å². The van der Waals surface area contributed by atoms with Crippen molar-refractivity contribution in [2.45, 2.75) is 45.1 Å². The van der Waals surface area contributed by atoms with Crippen molar-refractivity contribution in [2.75, 3.05) is 6.54 Å². The van der Waals surface area contributed by atoms with Gasteiger partial charge in [-0.05, 0) is 18.8 Å². The van der Waals surface area contributed by atoms with Crippen molar-refractivity contribution in [1.29, 1.82) is 0 Å². The molecule has 0 aromatic carbocycles. The molecule has 0 bridgehead atoms. The molecule has 2 unspecified atom stereocenters. The van der Waals surface area contributed by atoms with Gasteiger partial charge in [0.15, 0.2) is 0 Å². The maximum atomic E-state index is 11.5. The summed E-state index contributed by atoms with van der Waals surface area (Å²) < 4.78 is 0. The Balaban J connectivity index is 2.15. The topological polar surface area (TPSA) is 84.2 Å². The van der Waals surface area contributed by atoms with E-state index < -0.39 is 6.03 Å². The van der Waals surface area contributed by atoms with E-state index in [9.17, 15) is 9.59 Å². The fourth-order valence-corrected chi connectivity index (χ4v) is 2.16. The van der Waals surface area contributed by atoms with E-state index in [4.69, 9.17) is 5.73 Å². The molecule has 1 aliphatic carbocycles. The quantitative estimate of drug-likeness (QED) is 0.661. The summed E-state index contributed by atoms with van der Waals surface area (Å²) in [5, 5.41) is 5.39. The SMILES string of the molecule is CC1CCCC(NC(=O)CCNC(N)=O)C1. The lowest BCUT2D eigenvalue weighted by atomic mass is 9.87. The highest BCUT2D eigenvalue weighted by Crippen LogP contribution is 2.23. The Hall–Kier alpha value is -1.26. The van der Waals surface area contributed by atoms with Crippen LogP contribution in [-0.2, 0) is 4.79 Å². The minimum absolute atomic E-state index is 0.00662. The highest BCUT2D eigenvalue weighted by Gasteiger charge is 2.19. The molecule has 1 aliphatic rings. The van der Waals surface area contributed by atoms with E-state index in [2.05, 4.69) is 17.6 Å². The maximum absolute atomic E-state index is 11.5. The Kier molecular flexibility index (Phi) is 5.08. The molecular formula is C11H21N3O2. The van der Waals surface area contributed by atoms with Gasteiger partial charge in [-0.2, -0.15) is 0 Å². The van der Waals surface area contributed by atoms with Crippen LogP contribution in [0.2, 0.25) is 0 Å². The zero-order chi connectivity index (χ0) is 12.0. The van der Waals surface area contributed by atoms with Gasteiger partial charge in [0.2, 0.25) is 5.91 Å². The second-order valence-corrected chi connectivity index (χ2v) is 4.58. The molecule has 0 radical (unpaired) electrons. The molecule has 0 saturated heterocycles. The summed E-state index contributed by atoms with van der Waals surface area (Å²) in [6.45, 7) is 2.52. The van der Waals surface area contributed by atoms with E-state index in [1.54, 1.807) is 0 Å². The van der Waals surface area contributed by atoms with Gasteiger partial charge < -0.3 is 16.4 Å². The molecule has 1 saturated carbocycles. The third kappa shape index (κ3) is 5.00. The number of carbonyl (C=O) groups is 2. The average Bonchev–Trinajstić information content (AvgIpc) is 2.16. The fraction of sp³-hybridized carbons (Fsp3) is 0.818. The minimum Gasteiger partial charge on any atom is -0.353 e. The van der Waals surface area contributed by atoms with Crippen LogP contribution in [-0.4, -0.2) is 24.5 Å². The zero-order valence-corrected chi connectivity index (χ0v) is 9.79. The molecule has 0 aromatic rings. The van der Waals surface area contributed by atoms with Crippen LogP contribution in [0.5, 0.6) is 0 Å². The van der Waals surface area contributed by atoms with E-state index in [0.717, 1.165) is 12.8 Å². The number of rotatable bonds is 4. The van der Waals surface area contributed by atoms with Gasteiger partial charge in [-0.3, -0.25) is 4.79 Å². The number of nitrogens with one attached hydrogen (secondary N) is 2. The van der Waals surface area contributed by atoms with Gasteiger partial charge in [0, 0.05) is 19.0 Å². The van der Waals surface area contributed by atoms with Crippen LogP contribution in [0.4, 0.5) is 4.79 Å². The van der Waals surface area contributed by atoms with Crippen molar-refractivity contribution < 1.29 is 9.59 Å². The summed E-state index contributed by atoms with van der Waals surface area (Å²) in [6, 6.07) is -0.274. The van der Waals surface area contributed by atoms with E-state index in [1.165, 1.54) is 12.8 Å². The number of carbonyl (C=O) groups excluding carboxylic acids is 2. The van der Waals surface area contributed by atoms with Crippen LogP contribution in [0.3, 0.4) is 0 Å². The normalized spacial score (nSPS) is 24.8. The second kappa shape index (κ2) is 6.35. The molecule has 0 aromatic heterocycles. The lowest BCUT2D eigenvalue weighted by Gasteiger charge is -2.27. The second-order valence-electron chi connectivity index (χ2n) is 4.58. The number of hydrogen-bond donors (Lipinski definition) is 3. The lowest BCUT2D eigenvalue weighted by molar-refractivity contribution is -0.121. The number of urea groups is 1. The van der Waals surface area contributed by atoms with Crippen LogP contribution in [0, 0.1) is 5.92 Å². The molecule has 0 heterocycles. The van der Waals surface area contributed by atoms with Crippen LogP contribution >= 0.6 is 0 Å². The summed E-state index contributed by atoms with van der Waals surface area (Å²) in [6.07, 6.45) is 4.88. The van der Waals surface area contributed by atoms with E-state index in [0.29, 0.717) is 24.9 Å².